The highest BCUT2D eigenvalue weighted by molar-refractivity contribution is 5.75. The van der Waals surface area contributed by atoms with E-state index in [1.807, 2.05) is 12.1 Å². The molecule has 108 valence electrons. The van der Waals surface area contributed by atoms with Gasteiger partial charge in [-0.15, -0.1) is 0 Å². The Labute approximate surface area is 129 Å². The van der Waals surface area contributed by atoms with E-state index < -0.39 is 0 Å². The summed E-state index contributed by atoms with van der Waals surface area (Å²) in [5.74, 6) is 0. The molecule has 3 heteroatoms. The fraction of sp³-hybridized carbons (Fsp3) is 0.158. The smallest absolute Gasteiger partial charge is 0.0996 e. The lowest BCUT2D eigenvalue weighted by atomic mass is 9.74. The average molecular weight is 287 g/mol. The Morgan fingerprint density at radius 2 is 1.82 bits per heavy atom. The molecule has 4 rings (SSSR count). The molecule has 0 spiro atoms. The first kappa shape index (κ1) is 13.0. The van der Waals surface area contributed by atoms with E-state index in [1.165, 1.54) is 16.8 Å². The number of aromatic amines is 1. The Bertz CT molecular complexity index is 818. The number of allylic oxidation sites excluding steroid dienone is 1. The van der Waals surface area contributed by atoms with Gasteiger partial charge in [0.05, 0.1) is 5.69 Å². The maximum absolute atomic E-state index is 4.52. The summed E-state index contributed by atoms with van der Waals surface area (Å²) in [7, 11) is 0. The number of benzene rings is 1. The van der Waals surface area contributed by atoms with Gasteiger partial charge in [-0.1, -0.05) is 49.4 Å². The van der Waals surface area contributed by atoms with Crippen molar-refractivity contribution < 1.29 is 0 Å². The van der Waals surface area contributed by atoms with Crippen molar-refractivity contribution in [2.24, 2.45) is 0 Å². The fourth-order valence-electron chi connectivity index (χ4n) is 3.14. The number of hydrogen-bond donors (Lipinski definition) is 1. The van der Waals surface area contributed by atoms with E-state index in [9.17, 15) is 0 Å². The van der Waals surface area contributed by atoms with Crippen LogP contribution in [0.15, 0.2) is 60.9 Å². The van der Waals surface area contributed by atoms with Crippen LogP contribution in [0.25, 0.3) is 17.3 Å². The zero-order valence-corrected chi connectivity index (χ0v) is 12.5. The van der Waals surface area contributed by atoms with E-state index in [-0.39, 0.29) is 5.41 Å². The lowest BCUT2D eigenvalue weighted by molar-refractivity contribution is 0.577. The van der Waals surface area contributed by atoms with Crippen molar-refractivity contribution in [1.29, 1.82) is 0 Å². The highest BCUT2D eigenvalue weighted by atomic mass is 15.1. The second-order valence-corrected chi connectivity index (χ2v) is 5.99. The molecule has 1 unspecified atom stereocenters. The normalized spacial score (nSPS) is 19.9. The summed E-state index contributed by atoms with van der Waals surface area (Å²) in [6.45, 7) is 2.27. The minimum absolute atomic E-state index is 0.0102. The van der Waals surface area contributed by atoms with E-state index in [0.29, 0.717) is 0 Å². The third-order valence-electron chi connectivity index (χ3n) is 4.43. The number of H-pyrrole nitrogens is 1. The number of hydrogen-bond acceptors (Lipinski definition) is 2. The number of rotatable bonds is 2. The summed E-state index contributed by atoms with van der Waals surface area (Å²) in [6.07, 6.45) is 9.03. The van der Waals surface area contributed by atoms with Gasteiger partial charge in [0, 0.05) is 41.1 Å². The van der Waals surface area contributed by atoms with E-state index in [0.717, 1.165) is 17.7 Å². The van der Waals surface area contributed by atoms with Crippen molar-refractivity contribution in [3.8, 4) is 11.3 Å². The summed E-state index contributed by atoms with van der Waals surface area (Å²) in [4.78, 5) is 4.07. The first-order valence-corrected chi connectivity index (χ1v) is 7.49. The zero-order chi connectivity index (χ0) is 15.0. The lowest BCUT2D eigenvalue weighted by Crippen LogP contribution is -2.25. The van der Waals surface area contributed by atoms with Crippen molar-refractivity contribution >= 4 is 6.08 Å². The Morgan fingerprint density at radius 3 is 2.59 bits per heavy atom. The Kier molecular flexibility index (Phi) is 2.93. The zero-order valence-electron chi connectivity index (χ0n) is 12.5. The highest BCUT2D eigenvalue weighted by Gasteiger charge is 2.30. The fourth-order valence-corrected chi connectivity index (χ4v) is 3.14. The molecule has 1 atom stereocenters. The van der Waals surface area contributed by atoms with Crippen molar-refractivity contribution in [2.45, 2.75) is 18.8 Å². The first-order chi connectivity index (χ1) is 10.8. The summed E-state index contributed by atoms with van der Waals surface area (Å²) in [6, 6.07) is 14.6. The van der Waals surface area contributed by atoms with E-state index in [1.54, 1.807) is 12.4 Å². The molecule has 1 aromatic carbocycles. The van der Waals surface area contributed by atoms with Gasteiger partial charge in [-0.05, 0) is 17.7 Å². The van der Waals surface area contributed by atoms with Gasteiger partial charge in [0.15, 0.2) is 0 Å². The third kappa shape index (κ3) is 2.06. The molecule has 1 aliphatic rings. The van der Waals surface area contributed by atoms with Crippen LogP contribution in [0, 0.1) is 0 Å². The molecule has 0 aliphatic heterocycles. The Morgan fingerprint density at radius 1 is 1.05 bits per heavy atom. The summed E-state index contributed by atoms with van der Waals surface area (Å²) >= 11 is 0. The standard InChI is InChI=1S/C19H17N3/c1-19(15-5-3-2-4-6-15)10-7-16-17(13-19)21-22-18(16)14-8-11-20-12-9-14/h2-12H,13H2,1H3,(H,21,22). The SMILES string of the molecule is CC1(c2ccccc2)C=Cc2c(-c3ccncc3)n[nH]c2C1. The van der Waals surface area contributed by atoms with Gasteiger partial charge in [0.2, 0.25) is 0 Å². The highest BCUT2D eigenvalue weighted by Crippen LogP contribution is 2.37. The maximum atomic E-state index is 4.52. The molecule has 0 saturated heterocycles. The van der Waals surface area contributed by atoms with Crippen LogP contribution < -0.4 is 0 Å². The molecule has 1 aliphatic carbocycles. The minimum Gasteiger partial charge on any atom is -0.281 e. The van der Waals surface area contributed by atoms with Gasteiger partial charge in [0.25, 0.3) is 0 Å². The molecule has 3 nitrogen and oxygen atoms in total. The van der Waals surface area contributed by atoms with Crippen LogP contribution >= 0.6 is 0 Å². The van der Waals surface area contributed by atoms with Crippen molar-refractivity contribution in [1.82, 2.24) is 15.2 Å². The maximum Gasteiger partial charge on any atom is 0.0996 e. The predicted octanol–water partition coefficient (Wildman–Crippen LogP) is 4.00. The molecule has 3 aromatic rings. The molecule has 1 N–H and O–H groups in total. The molecule has 0 radical (unpaired) electrons. The minimum atomic E-state index is 0.0102. The molecule has 2 heterocycles. The van der Waals surface area contributed by atoms with Gasteiger partial charge in [-0.25, -0.2) is 0 Å². The molecular formula is C19H17N3. The van der Waals surface area contributed by atoms with Gasteiger partial charge in [0.1, 0.15) is 0 Å². The molecule has 0 fully saturated rings. The summed E-state index contributed by atoms with van der Waals surface area (Å²) < 4.78 is 0. The molecule has 0 bridgehead atoms. The van der Waals surface area contributed by atoms with Gasteiger partial charge in [-0.3, -0.25) is 10.1 Å². The van der Waals surface area contributed by atoms with Crippen LogP contribution in [0.2, 0.25) is 0 Å². The number of nitrogens with zero attached hydrogens (tertiary/aromatic N) is 2. The van der Waals surface area contributed by atoms with Crippen LogP contribution in [0.3, 0.4) is 0 Å². The monoisotopic (exact) mass is 287 g/mol. The van der Waals surface area contributed by atoms with Crippen molar-refractivity contribution in [2.75, 3.05) is 0 Å². The quantitative estimate of drug-likeness (QED) is 0.774. The topological polar surface area (TPSA) is 41.6 Å². The summed E-state index contributed by atoms with van der Waals surface area (Å²) in [5, 5.41) is 7.75. The number of aromatic nitrogens is 3. The molecular weight excluding hydrogens is 270 g/mol. The second-order valence-electron chi connectivity index (χ2n) is 5.99. The predicted molar refractivity (Wildman–Crippen MR) is 88.4 cm³/mol. The van der Waals surface area contributed by atoms with Gasteiger partial charge >= 0.3 is 0 Å². The van der Waals surface area contributed by atoms with E-state index in [4.69, 9.17) is 0 Å². The van der Waals surface area contributed by atoms with E-state index in [2.05, 4.69) is 64.6 Å². The van der Waals surface area contributed by atoms with Crippen LogP contribution in [-0.2, 0) is 11.8 Å². The molecule has 0 amide bonds. The molecule has 2 aromatic heterocycles. The molecule has 22 heavy (non-hydrogen) atoms. The van der Waals surface area contributed by atoms with Crippen LogP contribution in [-0.4, -0.2) is 15.2 Å². The largest absolute Gasteiger partial charge is 0.281 e. The lowest BCUT2D eigenvalue weighted by Gasteiger charge is -2.29. The van der Waals surface area contributed by atoms with Crippen molar-refractivity contribution in [3.05, 3.63) is 77.8 Å². The van der Waals surface area contributed by atoms with Crippen LogP contribution in [0.5, 0.6) is 0 Å². The molecule has 0 saturated carbocycles. The first-order valence-electron chi connectivity index (χ1n) is 7.49. The van der Waals surface area contributed by atoms with Crippen molar-refractivity contribution in [3.63, 3.8) is 0 Å². The van der Waals surface area contributed by atoms with Crippen LogP contribution in [0.4, 0.5) is 0 Å². The Hall–Kier alpha value is -2.68. The van der Waals surface area contributed by atoms with E-state index >= 15 is 0 Å². The number of pyridine rings is 1. The van der Waals surface area contributed by atoms with Gasteiger partial charge in [-0.2, -0.15) is 5.10 Å². The Balaban J connectivity index is 1.75. The van der Waals surface area contributed by atoms with Crippen LogP contribution in [0.1, 0.15) is 23.7 Å². The second kappa shape index (κ2) is 4.95. The average Bonchev–Trinajstić information content (AvgIpc) is 2.99. The summed E-state index contributed by atoms with van der Waals surface area (Å²) in [5.41, 5.74) is 5.83. The van der Waals surface area contributed by atoms with Gasteiger partial charge < -0.3 is 0 Å². The third-order valence-corrected chi connectivity index (χ3v) is 4.43. The number of fused-ring (bicyclic) bond motifs is 1. The number of nitrogens with one attached hydrogen (secondary N) is 1.